The summed E-state index contributed by atoms with van der Waals surface area (Å²) < 4.78 is 0. The second-order valence-electron chi connectivity index (χ2n) is 6.61. The highest BCUT2D eigenvalue weighted by Crippen LogP contribution is 2.32. The number of fused-ring (bicyclic) bond motifs is 1. The Hall–Kier alpha value is -2.17. The zero-order chi connectivity index (χ0) is 15.8. The van der Waals surface area contributed by atoms with E-state index >= 15 is 0 Å². The van der Waals surface area contributed by atoms with Gasteiger partial charge in [0.2, 0.25) is 5.91 Å². The van der Waals surface area contributed by atoms with Crippen molar-refractivity contribution >= 4 is 22.6 Å². The normalized spacial score (nSPS) is 19.0. The molecule has 1 amide bonds. The van der Waals surface area contributed by atoms with Crippen molar-refractivity contribution in [3.05, 3.63) is 30.1 Å². The molecule has 0 N–H and O–H groups in total. The van der Waals surface area contributed by atoms with Gasteiger partial charge >= 0.3 is 0 Å². The second kappa shape index (κ2) is 5.80. The van der Waals surface area contributed by atoms with Crippen LogP contribution in [0.3, 0.4) is 0 Å². The van der Waals surface area contributed by atoms with E-state index in [2.05, 4.69) is 27.9 Å². The van der Waals surface area contributed by atoms with E-state index in [1.807, 2.05) is 17.0 Å². The molecule has 5 heteroatoms. The highest BCUT2D eigenvalue weighted by atomic mass is 16.2. The maximum Gasteiger partial charge on any atom is 0.225 e. The van der Waals surface area contributed by atoms with E-state index in [-0.39, 0.29) is 0 Å². The van der Waals surface area contributed by atoms with Crippen LogP contribution in [0.25, 0.3) is 10.9 Å². The van der Waals surface area contributed by atoms with E-state index in [1.54, 1.807) is 6.33 Å². The Balaban J connectivity index is 1.60. The third-order valence-corrected chi connectivity index (χ3v) is 4.88. The summed E-state index contributed by atoms with van der Waals surface area (Å²) in [5, 5.41) is 1.14. The summed E-state index contributed by atoms with van der Waals surface area (Å²) in [5.41, 5.74) is 2.19. The van der Waals surface area contributed by atoms with Crippen LogP contribution in [0.4, 0.5) is 5.82 Å². The minimum absolute atomic E-state index is 0.309. The molecule has 2 aromatic rings. The van der Waals surface area contributed by atoms with Gasteiger partial charge in [0.05, 0.1) is 5.52 Å². The number of carbonyl (C=O) groups is 1. The van der Waals surface area contributed by atoms with Crippen molar-refractivity contribution in [2.75, 3.05) is 31.1 Å². The molecule has 0 bridgehead atoms. The molecular weight excluding hydrogens is 288 g/mol. The molecule has 0 radical (unpaired) electrons. The van der Waals surface area contributed by atoms with Gasteiger partial charge in [-0.2, -0.15) is 0 Å². The summed E-state index contributed by atoms with van der Waals surface area (Å²) in [6, 6.07) is 6.18. The topological polar surface area (TPSA) is 49.3 Å². The molecule has 5 nitrogen and oxygen atoms in total. The van der Waals surface area contributed by atoms with Crippen molar-refractivity contribution in [1.29, 1.82) is 0 Å². The van der Waals surface area contributed by atoms with Gasteiger partial charge in [0, 0.05) is 37.5 Å². The lowest BCUT2D eigenvalue weighted by molar-refractivity contribution is -0.132. The van der Waals surface area contributed by atoms with E-state index in [0.29, 0.717) is 11.8 Å². The van der Waals surface area contributed by atoms with Crippen LogP contribution in [0, 0.1) is 12.8 Å². The molecule has 1 aromatic carbocycles. The van der Waals surface area contributed by atoms with Crippen molar-refractivity contribution in [2.24, 2.45) is 5.92 Å². The van der Waals surface area contributed by atoms with Gasteiger partial charge < -0.3 is 9.80 Å². The number of benzene rings is 1. The van der Waals surface area contributed by atoms with Crippen LogP contribution in [-0.2, 0) is 4.79 Å². The summed E-state index contributed by atoms with van der Waals surface area (Å²) in [4.78, 5) is 25.6. The molecule has 1 saturated heterocycles. The highest BCUT2D eigenvalue weighted by molar-refractivity contribution is 5.92. The third kappa shape index (κ3) is 2.76. The van der Waals surface area contributed by atoms with Crippen LogP contribution in [-0.4, -0.2) is 47.0 Å². The van der Waals surface area contributed by atoms with Gasteiger partial charge in [0.15, 0.2) is 0 Å². The van der Waals surface area contributed by atoms with Gasteiger partial charge in [-0.25, -0.2) is 9.97 Å². The molecule has 2 aliphatic rings. The monoisotopic (exact) mass is 310 g/mol. The smallest absolute Gasteiger partial charge is 0.225 e. The number of rotatable bonds is 2. The van der Waals surface area contributed by atoms with Gasteiger partial charge in [0.1, 0.15) is 12.1 Å². The number of hydrogen-bond acceptors (Lipinski definition) is 4. The molecule has 23 heavy (non-hydrogen) atoms. The lowest BCUT2D eigenvalue weighted by atomic mass is 10.1. The van der Waals surface area contributed by atoms with Crippen molar-refractivity contribution in [3.63, 3.8) is 0 Å². The number of hydrogen-bond donors (Lipinski definition) is 0. The number of amides is 1. The number of anilines is 1. The standard InChI is InChI=1S/C18H22N4O/c1-13-4-2-5-15-16(13)17(20-12-19-15)21-8-3-9-22(11-10-21)18(23)14-6-7-14/h2,4-5,12,14H,3,6-11H2,1H3. The minimum atomic E-state index is 0.309. The zero-order valence-electron chi connectivity index (χ0n) is 13.5. The number of aryl methyl sites for hydroxylation is 1. The van der Waals surface area contributed by atoms with Gasteiger partial charge in [-0.15, -0.1) is 0 Å². The molecule has 1 aliphatic carbocycles. The number of nitrogens with zero attached hydrogens (tertiary/aromatic N) is 4. The van der Waals surface area contributed by atoms with Crippen LogP contribution >= 0.6 is 0 Å². The fourth-order valence-corrected chi connectivity index (χ4v) is 3.44. The maximum absolute atomic E-state index is 12.3. The largest absolute Gasteiger partial charge is 0.354 e. The number of carbonyl (C=O) groups excluding carboxylic acids is 1. The first kappa shape index (κ1) is 14.4. The Kier molecular flexibility index (Phi) is 3.63. The van der Waals surface area contributed by atoms with E-state index in [4.69, 9.17) is 0 Å². The first-order valence-electron chi connectivity index (χ1n) is 8.48. The predicted octanol–water partition coefficient (Wildman–Crippen LogP) is 2.39. The van der Waals surface area contributed by atoms with Gasteiger partial charge in [-0.1, -0.05) is 12.1 Å². The average molecular weight is 310 g/mol. The van der Waals surface area contributed by atoms with Crippen LogP contribution in [0.1, 0.15) is 24.8 Å². The van der Waals surface area contributed by atoms with E-state index < -0.39 is 0 Å². The summed E-state index contributed by atoms with van der Waals surface area (Å²) in [6.07, 6.45) is 4.80. The fraction of sp³-hybridized carbons (Fsp3) is 0.500. The molecule has 2 fully saturated rings. The van der Waals surface area contributed by atoms with Crippen LogP contribution < -0.4 is 4.90 Å². The van der Waals surface area contributed by atoms with E-state index in [0.717, 1.165) is 62.2 Å². The quantitative estimate of drug-likeness (QED) is 0.854. The Bertz CT molecular complexity index is 736. The lowest BCUT2D eigenvalue weighted by Gasteiger charge is -2.24. The van der Waals surface area contributed by atoms with Crippen molar-refractivity contribution in [3.8, 4) is 0 Å². The third-order valence-electron chi connectivity index (χ3n) is 4.88. The van der Waals surface area contributed by atoms with Gasteiger partial charge in [-0.3, -0.25) is 4.79 Å². The Morgan fingerprint density at radius 2 is 2.00 bits per heavy atom. The summed E-state index contributed by atoms with van der Waals surface area (Å²) >= 11 is 0. The molecule has 0 unspecified atom stereocenters. The second-order valence-corrected chi connectivity index (χ2v) is 6.61. The molecule has 1 aromatic heterocycles. The van der Waals surface area contributed by atoms with E-state index in [1.165, 1.54) is 5.56 Å². The van der Waals surface area contributed by atoms with Gasteiger partial charge in [0.25, 0.3) is 0 Å². The summed E-state index contributed by atoms with van der Waals surface area (Å²) in [7, 11) is 0. The molecule has 1 aliphatic heterocycles. The lowest BCUT2D eigenvalue weighted by Crippen LogP contribution is -2.36. The van der Waals surface area contributed by atoms with Gasteiger partial charge in [-0.05, 0) is 37.8 Å². The zero-order valence-corrected chi connectivity index (χ0v) is 13.5. The Labute approximate surface area is 136 Å². The summed E-state index contributed by atoms with van der Waals surface area (Å²) in [5.74, 6) is 1.67. The van der Waals surface area contributed by atoms with Crippen LogP contribution in [0.2, 0.25) is 0 Å². The van der Waals surface area contributed by atoms with Crippen LogP contribution in [0.5, 0.6) is 0 Å². The molecule has 120 valence electrons. The van der Waals surface area contributed by atoms with Crippen molar-refractivity contribution in [1.82, 2.24) is 14.9 Å². The average Bonchev–Trinajstić information content (AvgIpc) is 3.41. The molecular formula is C18H22N4O. The van der Waals surface area contributed by atoms with E-state index in [9.17, 15) is 4.79 Å². The number of aromatic nitrogens is 2. The highest BCUT2D eigenvalue weighted by Gasteiger charge is 2.34. The fourth-order valence-electron chi connectivity index (χ4n) is 3.44. The minimum Gasteiger partial charge on any atom is -0.354 e. The summed E-state index contributed by atoms with van der Waals surface area (Å²) in [6.45, 7) is 5.56. The Morgan fingerprint density at radius 3 is 2.83 bits per heavy atom. The molecule has 0 spiro atoms. The van der Waals surface area contributed by atoms with Crippen molar-refractivity contribution < 1.29 is 4.79 Å². The molecule has 4 rings (SSSR count). The maximum atomic E-state index is 12.3. The predicted molar refractivity (Wildman–Crippen MR) is 90.4 cm³/mol. The molecule has 2 heterocycles. The Morgan fingerprint density at radius 1 is 1.13 bits per heavy atom. The van der Waals surface area contributed by atoms with Crippen LogP contribution in [0.15, 0.2) is 24.5 Å². The molecule has 0 atom stereocenters. The SMILES string of the molecule is Cc1cccc2ncnc(N3CCCN(C(=O)C4CC4)CC3)c12. The first-order chi connectivity index (χ1) is 11.2. The van der Waals surface area contributed by atoms with Crippen molar-refractivity contribution in [2.45, 2.75) is 26.2 Å². The first-order valence-corrected chi connectivity index (χ1v) is 8.48. The molecule has 1 saturated carbocycles.